The van der Waals surface area contributed by atoms with Crippen LogP contribution < -0.4 is 15.4 Å². The number of methoxy groups -OCH3 is 1. The Morgan fingerprint density at radius 1 is 1.03 bits per heavy atom. The second-order valence-electron chi connectivity index (χ2n) is 10.1. The molecule has 0 fully saturated rings. The summed E-state index contributed by atoms with van der Waals surface area (Å²) in [5.74, 6) is 0.697. The van der Waals surface area contributed by atoms with Crippen molar-refractivity contribution in [3.8, 4) is 5.75 Å². The molecule has 1 aliphatic heterocycles. The average Bonchev–Trinajstić information content (AvgIpc) is 2.92. The molecule has 2 aliphatic rings. The number of rotatable bonds is 6. The maximum absolute atomic E-state index is 13.8. The molecule has 2 atom stereocenters. The van der Waals surface area contributed by atoms with Gasteiger partial charge in [0, 0.05) is 41.1 Å². The van der Waals surface area contributed by atoms with Crippen molar-refractivity contribution in [1.29, 1.82) is 0 Å². The zero-order valence-corrected chi connectivity index (χ0v) is 22.3. The first-order valence-corrected chi connectivity index (χ1v) is 13.1. The number of nitrogens with one attached hydrogen (secondary N) is 2. The van der Waals surface area contributed by atoms with Crippen LogP contribution in [0.25, 0.3) is 0 Å². The SMILES string of the molecule is CCc1ccc(C2C(C(=O)Nc3cc(C)ccn3)=C(C)NC3=C2C(=O)CC(c2ccc(OC)cc2)C3)cc1. The van der Waals surface area contributed by atoms with E-state index < -0.39 is 5.92 Å². The van der Waals surface area contributed by atoms with Crippen molar-refractivity contribution in [1.82, 2.24) is 10.3 Å². The zero-order valence-electron chi connectivity index (χ0n) is 22.3. The summed E-state index contributed by atoms with van der Waals surface area (Å²) in [4.78, 5) is 31.9. The molecule has 1 amide bonds. The predicted octanol–water partition coefficient (Wildman–Crippen LogP) is 5.96. The first-order chi connectivity index (χ1) is 18.4. The standard InChI is InChI=1S/C32H33N3O3/c1-5-21-6-8-23(9-7-21)30-29(32(37)35-28-16-19(2)14-15-33-28)20(3)34-26-17-24(18-27(36)31(26)30)22-10-12-25(38-4)13-11-22/h6-16,24,30,34H,5,17-18H2,1-4H3,(H,33,35,37). The molecule has 6 heteroatoms. The highest BCUT2D eigenvalue weighted by Gasteiger charge is 2.41. The lowest BCUT2D eigenvalue weighted by Crippen LogP contribution is -2.37. The van der Waals surface area contributed by atoms with E-state index in [1.54, 1.807) is 13.3 Å². The lowest BCUT2D eigenvalue weighted by Gasteiger charge is -2.37. The molecular weight excluding hydrogens is 474 g/mol. The van der Waals surface area contributed by atoms with Crippen LogP contribution in [-0.2, 0) is 16.0 Å². The van der Waals surface area contributed by atoms with E-state index in [0.717, 1.165) is 40.3 Å². The van der Waals surface area contributed by atoms with Gasteiger partial charge in [0.05, 0.1) is 7.11 Å². The van der Waals surface area contributed by atoms with E-state index in [4.69, 9.17) is 4.74 Å². The van der Waals surface area contributed by atoms with Gasteiger partial charge in [-0.3, -0.25) is 9.59 Å². The molecule has 2 N–H and O–H groups in total. The predicted molar refractivity (Wildman–Crippen MR) is 149 cm³/mol. The number of dihydropyridines is 1. The summed E-state index contributed by atoms with van der Waals surface area (Å²) in [7, 11) is 1.65. The summed E-state index contributed by atoms with van der Waals surface area (Å²) < 4.78 is 5.30. The summed E-state index contributed by atoms with van der Waals surface area (Å²) in [5.41, 5.74) is 7.14. The Bertz CT molecular complexity index is 1440. The van der Waals surface area contributed by atoms with Crippen LogP contribution in [0.1, 0.15) is 60.8 Å². The number of Topliss-reactive ketones (excluding diaryl/α,β-unsaturated/α-hetero) is 1. The number of aryl methyl sites for hydroxylation is 2. The number of carbonyl (C=O) groups excluding carboxylic acids is 2. The maximum Gasteiger partial charge on any atom is 0.255 e. The second kappa shape index (κ2) is 10.7. The Morgan fingerprint density at radius 2 is 1.74 bits per heavy atom. The van der Waals surface area contributed by atoms with Gasteiger partial charge in [0.25, 0.3) is 5.91 Å². The van der Waals surface area contributed by atoms with Crippen molar-refractivity contribution in [3.63, 3.8) is 0 Å². The molecule has 1 aliphatic carbocycles. The third kappa shape index (κ3) is 4.99. The lowest BCUT2D eigenvalue weighted by molar-refractivity contribution is -0.116. The number of aromatic nitrogens is 1. The molecule has 2 aromatic carbocycles. The number of carbonyl (C=O) groups is 2. The Kier molecular flexibility index (Phi) is 7.14. The second-order valence-corrected chi connectivity index (χ2v) is 10.1. The fraction of sp³-hybridized carbons (Fsp3) is 0.281. The van der Waals surface area contributed by atoms with E-state index in [1.165, 1.54) is 5.56 Å². The molecule has 2 heterocycles. The minimum absolute atomic E-state index is 0.0578. The Hall–Kier alpha value is -4.19. The number of amides is 1. The van der Waals surface area contributed by atoms with Crippen molar-refractivity contribution in [3.05, 3.63) is 112 Å². The summed E-state index contributed by atoms with van der Waals surface area (Å²) in [5, 5.41) is 6.42. The summed E-state index contributed by atoms with van der Waals surface area (Å²) in [6.07, 6.45) is 3.69. The van der Waals surface area contributed by atoms with E-state index in [0.29, 0.717) is 29.8 Å². The highest BCUT2D eigenvalue weighted by atomic mass is 16.5. The van der Waals surface area contributed by atoms with Crippen molar-refractivity contribution in [2.24, 2.45) is 0 Å². The van der Waals surface area contributed by atoms with Gasteiger partial charge in [-0.05, 0) is 79.1 Å². The van der Waals surface area contributed by atoms with Gasteiger partial charge >= 0.3 is 0 Å². The molecule has 1 aromatic heterocycles. The first-order valence-electron chi connectivity index (χ1n) is 13.1. The summed E-state index contributed by atoms with van der Waals surface area (Å²) in [6, 6.07) is 19.9. The Balaban J connectivity index is 1.54. The van der Waals surface area contributed by atoms with Gasteiger partial charge in [-0.15, -0.1) is 0 Å². The molecule has 0 spiro atoms. The normalized spacial score (nSPS) is 19.1. The zero-order chi connectivity index (χ0) is 26.8. The molecule has 0 radical (unpaired) electrons. The van der Waals surface area contributed by atoms with Gasteiger partial charge in [0.2, 0.25) is 0 Å². The smallest absolute Gasteiger partial charge is 0.255 e. The van der Waals surface area contributed by atoms with Crippen LogP contribution in [0.2, 0.25) is 0 Å². The number of hydrogen-bond donors (Lipinski definition) is 2. The third-order valence-electron chi connectivity index (χ3n) is 7.54. The third-order valence-corrected chi connectivity index (χ3v) is 7.54. The van der Waals surface area contributed by atoms with Gasteiger partial charge in [0.15, 0.2) is 5.78 Å². The number of hydrogen-bond acceptors (Lipinski definition) is 5. The highest BCUT2D eigenvalue weighted by molar-refractivity contribution is 6.09. The quantitative estimate of drug-likeness (QED) is 0.430. The van der Waals surface area contributed by atoms with E-state index >= 15 is 0 Å². The Morgan fingerprint density at radius 3 is 2.39 bits per heavy atom. The van der Waals surface area contributed by atoms with Gasteiger partial charge in [-0.2, -0.15) is 0 Å². The van der Waals surface area contributed by atoms with Gasteiger partial charge in [-0.25, -0.2) is 4.98 Å². The van der Waals surface area contributed by atoms with Crippen LogP contribution in [0.3, 0.4) is 0 Å². The largest absolute Gasteiger partial charge is 0.497 e. The minimum atomic E-state index is -0.453. The van der Waals surface area contributed by atoms with Crippen molar-refractivity contribution in [2.75, 3.05) is 12.4 Å². The van der Waals surface area contributed by atoms with E-state index in [2.05, 4.69) is 34.7 Å². The van der Waals surface area contributed by atoms with Crippen LogP contribution in [0.5, 0.6) is 5.75 Å². The fourth-order valence-corrected chi connectivity index (χ4v) is 5.52. The van der Waals surface area contributed by atoms with E-state index in [9.17, 15) is 9.59 Å². The Labute approximate surface area is 223 Å². The number of pyridine rings is 1. The topological polar surface area (TPSA) is 80.3 Å². The number of anilines is 1. The van der Waals surface area contributed by atoms with Crippen LogP contribution in [0.4, 0.5) is 5.82 Å². The molecule has 3 aromatic rings. The number of ether oxygens (including phenoxy) is 1. The maximum atomic E-state index is 13.8. The van der Waals surface area contributed by atoms with Gasteiger partial charge in [-0.1, -0.05) is 43.3 Å². The molecule has 194 valence electrons. The van der Waals surface area contributed by atoms with Crippen LogP contribution in [0, 0.1) is 6.92 Å². The van der Waals surface area contributed by atoms with Crippen molar-refractivity contribution < 1.29 is 14.3 Å². The number of nitrogens with zero attached hydrogens (tertiary/aromatic N) is 1. The average molecular weight is 508 g/mol. The molecule has 0 saturated carbocycles. The fourth-order valence-electron chi connectivity index (χ4n) is 5.52. The molecule has 2 unspecified atom stereocenters. The number of ketones is 1. The number of allylic oxidation sites excluding steroid dienone is 3. The molecule has 0 bridgehead atoms. The summed E-state index contributed by atoms with van der Waals surface area (Å²) >= 11 is 0. The van der Waals surface area contributed by atoms with E-state index in [-0.39, 0.29) is 17.6 Å². The molecular formula is C32H33N3O3. The molecule has 5 rings (SSSR count). The highest BCUT2D eigenvalue weighted by Crippen LogP contribution is 2.45. The lowest BCUT2D eigenvalue weighted by atomic mass is 9.71. The molecule has 38 heavy (non-hydrogen) atoms. The van der Waals surface area contributed by atoms with E-state index in [1.807, 2.05) is 62.4 Å². The van der Waals surface area contributed by atoms with Crippen molar-refractivity contribution >= 4 is 17.5 Å². The first kappa shape index (κ1) is 25.5. The van der Waals surface area contributed by atoms with Gasteiger partial charge < -0.3 is 15.4 Å². The summed E-state index contributed by atoms with van der Waals surface area (Å²) in [6.45, 7) is 5.98. The van der Waals surface area contributed by atoms with Gasteiger partial charge in [0.1, 0.15) is 11.6 Å². The number of benzene rings is 2. The van der Waals surface area contributed by atoms with Crippen LogP contribution in [0.15, 0.2) is 89.4 Å². The minimum Gasteiger partial charge on any atom is -0.497 e. The molecule has 6 nitrogen and oxygen atoms in total. The van der Waals surface area contributed by atoms with Crippen LogP contribution >= 0.6 is 0 Å². The van der Waals surface area contributed by atoms with Crippen LogP contribution in [-0.4, -0.2) is 23.8 Å². The monoisotopic (exact) mass is 507 g/mol. The molecule has 0 saturated heterocycles. The van der Waals surface area contributed by atoms with Crippen molar-refractivity contribution in [2.45, 2.75) is 51.9 Å².